The van der Waals surface area contributed by atoms with Crippen LogP contribution < -0.4 is 5.32 Å². The van der Waals surface area contributed by atoms with Gasteiger partial charge in [0, 0.05) is 18.9 Å². The molecule has 0 amide bonds. The first-order chi connectivity index (χ1) is 16.6. The van der Waals surface area contributed by atoms with E-state index in [2.05, 4.69) is 58.8 Å². The third kappa shape index (κ3) is 5.83. The maximum absolute atomic E-state index is 9.88. The van der Waals surface area contributed by atoms with Crippen LogP contribution in [0.1, 0.15) is 54.8 Å². The van der Waals surface area contributed by atoms with Crippen molar-refractivity contribution in [1.82, 2.24) is 14.9 Å². The predicted octanol–water partition coefficient (Wildman–Crippen LogP) is 3.93. The second kappa shape index (κ2) is 11.6. The fourth-order valence-corrected chi connectivity index (χ4v) is 4.69. The summed E-state index contributed by atoms with van der Waals surface area (Å²) in [6.07, 6.45) is 9.07. The fraction of sp³-hybridized carbons (Fsp3) is 0.393. The van der Waals surface area contributed by atoms with Crippen LogP contribution in [0.25, 0.3) is 17.2 Å². The number of nitrogens with one attached hydrogen (secondary N) is 1. The highest BCUT2D eigenvalue weighted by Crippen LogP contribution is 2.41. The number of aromatic nitrogens is 2. The van der Waals surface area contributed by atoms with Crippen molar-refractivity contribution in [2.75, 3.05) is 26.3 Å². The van der Waals surface area contributed by atoms with Gasteiger partial charge in [0.1, 0.15) is 11.9 Å². The molecule has 2 unspecified atom stereocenters. The monoisotopic (exact) mass is 461 g/mol. The van der Waals surface area contributed by atoms with Crippen LogP contribution in [0.15, 0.2) is 67.0 Å². The van der Waals surface area contributed by atoms with E-state index in [-0.39, 0.29) is 19.3 Å². The van der Waals surface area contributed by atoms with Gasteiger partial charge in [0.05, 0.1) is 19.3 Å². The molecule has 6 heteroatoms. The summed E-state index contributed by atoms with van der Waals surface area (Å²) < 4.78 is 1.80. The standard InChI is InChI=1S/C28H35N3O3/c1-20(34)28-30-12-14-31(28)27(19-33)11-4-21-2-5-23(6-3-21)24-7-9-25(10-8-24)26-16-22(17-26)18-29-13-15-32/h2-12,14,20,22,26-27,29,32-34H,13,15-19H2,1H3/b11-4+. The molecule has 1 aliphatic carbocycles. The average Bonchev–Trinajstić information content (AvgIpc) is 3.32. The molecule has 4 N–H and O–H groups in total. The van der Waals surface area contributed by atoms with Gasteiger partial charge >= 0.3 is 0 Å². The van der Waals surface area contributed by atoms with Gasteiger partial charge < -0.3 is 25.2 Å². The molecule has 34 heavy (non-hydrogen) atoms. The van der Waals surface area contributed by atoms with Gasteiger partial charge in [-0.2, -0.15) is 0 Å². The lowest BCUT2D eigenvalue weighted by Crippen LogP contribution is -2.33. The van der Waals surface area contributed by atoms with Gasteiger partial charge in [-0.15, -0.1) is 0 Å². The number of benzene rings is 2. The second-order valence-electron chi connectivity index (χ2n) is 9.18. The Hall–Kier alpha value is -2.77. The summed E-state index contributed by atoms with van der Waals surface area (Å²) in [5, 5.41) is 31.9. The lowest BCUT2D eigenvalue weighted by molar-refractivity contribution is 0.175. The first-order valence-corrected chi connectivity index (χ1v) is 12.1. The summed E-state index contributed by atoms with van der Waals surface area (Å²) in [7, 11) is 0. The number of aliphatic hydroxyl groups is 3. The van der Waals surface area contributed by atoms with Gasteiger partial charge in [-0.05, 0) is 60.4 Å². The highest BCUT2D eigenvalue weighted by atomic mass is 16.3. The first kappa shape index (κ1) is 24.4. The highest BCUT2D eigenvalue weighted by molar-refractivity contribution is 5.66. The molecule has 1 aliphatic rings. The SMILES string of the molecule is CC(O)c1nccn1C(/C=C/c1ccc(-c2ccc(C3CC(CNCCO)C3)cc2)cc1)CO. The molecule has 6 nitrogen and oxygen atoms in total. The van der Waals surface area contributed by atoms with Gasteiger partial charge in [0.2, 0.25) is 0 Å². The van der Waals surface area contributed by atoms with Crippen molar-refractivity contribution >= 4 is 6.08 Å². The Morgan fingerprint density at radius 1 is 1.06 bits per heavy atom. The van der Waals surface area contributed by atoms with E-state index >= 15 is 0 Å². The zero-order valence-electron chi connectivity index (χ0n) is 19.7. The van der Waals surface area contributed by atoms with Crippen LogP contribution in [0.3, 0.4) is 0 Å². The van der Waals surface area contributed by atoms with E-state index < -0.39 is 6.10 Å². The molecule has 3 aromatic rings. The molecule has 1 aromatic heterocycles. The topological polar surface area (TPSA) is 90.5 Å². The van der Waals surface area contributed by atoms with Crippen LogP contribution in [-0.2, 0) is 0 Å². The van der Waals surface area contributed by atoms with E-state index in [0.29, 0.717) is 18.3 Å². The van der Waals surface area contributed by atoms with Crippen LogP contribution in [0.5, 0.6) is 0 Å². The highest BCUT2D eigenvalue weighted by Gasteiger charge is 2.29. The van der Waals surface area contributed by atoms with Crippen LogP contribution in [0.2, 0.25) is 0 Å². The van der Waals surface area contributed by atoms with Crippen molar-refractivity contribution in [3.05, 3.63) is 84.0 Å². The number of rotatable bonds is 11. The lowest BCUT2D eigenvalue weighted by atomic mass is 9.71. The normalized spacial score (nSPS) is 19.8. The van der Waals surface area contributed by atoms with E-state index in [9.17, 15) is 10.2 Å². The molecule has 0 spiro atoms. The summed E-state index contributed by atoms with van der Waals surface area (Å²) in [6.45, 7) is 3.48. The van der Waals surface area contributed by atoms with E-state index in [0.717, 1.165) is 18.0 Å². The van der Waals surface area contributed by atoms with E-state index in [1.807, 2.05) is 12.2 Å². The maximum atomic E-state index is 9.88. The minimum Gasteiger partial charge on any atom is -0.395 e. The molecule has 1 saturated carbocycles. The number of imidazole rings is 1. The Kier molecular flexibility index (Phi) is 8.29. The van der Waals surface area contributed by atoms with Crippen molar-refractivity contribution in [3.63, 3.8) is 0 Å². The third-order valence-corrected chi connectivity index (χ3v) is 6.71. The van der Waals surface area contributed by atoms with Gasteiger partial charge in [-0.1, -0.05) is 60.7 Å². The Bertz CT molecular complexity index is 1050. The quantitative estimate of drug-likeness (QED) is 0.325. The van der Waals surface area contributed by atoms with Crippen LogP contribution in [0, 0.1) is 5.92 Å². The van der Waals surface area contributed by atoms with Crippen molar-refractivity contribution in [1.29, 1.82) is 0 Å². The summed E-state index contributed by atoms with van der Waals surface area (Å²) >= 11 is 0. The number of hydrogen-bond acceptors (Lipinski definition) is 5. The second-order valence-corrected chi connectivity index (χ2v) is 9.18. The fourth-order valence-electron chi connectivity index (χ4n) is 4.69. The predicted molar refractivity (Wildman–Crippen MR) is 135 cm³/mol. The van der Waals surface area contributed by atoms with E-state index in [4.69, 9.17) is 5.11 Å². The van der Waals surface area contributed by atoms with Gasteiger partial charge in [-0.25, -0.2) is 4.98 Å². The minimum atomic E-state index is -0.692. The number of hydrogen-bond donors (Lipinski definition) is 4. The van der Waals surface area contributed by atoms with Crippen molar-refractivity contribution in [3.8, 4) is 11.1 Å². The zero-order valence-corrected chi connectivity index (χ0v) is 19.7. The molecule has 2 atom stereocenters. The van der Waals surface area contributed by atoms with Crippen LogP contribution in [0.4, 0.5) is 0 Å². The smallest absolute Gasteiger partial charge is 0.137 e. The summed E-state index contributed by atoms with van der Waals surface area (Å²) in [5.41, 5.74) is 4.83. The molecule has 1 fully saturated rings. The zero-order chi connectivity index (χ0) is 23.9. The number of aliphatic hydroxyl groups excluding tert-OH is 3. The van der Waals surface area contributed by atoms with Crippen LogP contribution in [-0.4, -0.2) is 51.2 Å². The van der Waals surface area contributed by atoms with Crippen molar-refractivity contribution < 1.29 is 15.3 Å². The Balaban J connectivity index is 1.35. The van der Waals surface area contributed by atoms with Crippen molar-refractivity contribution in [2.24, 2.45) is 5.92 Å². The molecule has 1 heterocycles. The molecule has 180 valence electrons. The summed E-state index contributed by atoms with van der Waals surface area (Å²) in [4.78, 5) is 4.19. The lowest BCUT2D eigenvalue weighted by Gasteiger charge is -2.36. The molecule has 4 rings (SSSR count). The summed E-state index contributed by atoms with van der Waals surface area (Å²) in [5.74, 6) is 1.90. The minimum absolute atomic E-state index is 0.0715. The van der Waals surface area contributed by atoms with Gasteiger partial charge in [0.15, 0.2) is 0 Å². The van der Waals surface area contributed by atoms with E-state index in [1.54, 1.807) is 23.9 Å². The maximum Gasteiger partial charge on any atom is 0.137 e. The molecule has 0 saturated heterocycles. The molecular weight excluding hydrogens is 426 g/mol. The molecular formula is C28H35N3O3. The first-order valence-electron chi connectivity index (χ1n) is 12.1. The molecule has 0 aliphatic heterocycles. The third-order valence-electron chi connectivity index (χ3n) is 6.71. The average molecular weight is 462 g/mol. The largest absolute Gasteiger partial charge is 0.395 e. The van der Waals surface area contributed by atoms with E-state index in [1.165, 1.54) is 29.5 Å². The molecule has 2 aromatic carbocycles. The Morgan fingerprint density at radius 2 is 1.74 bits per heavy atom. The Labute approximate surface area is 201 Å². The Morgan fingerprint density at radius 3 is 2.35 bits per heavy atom. The molecule has 0 bridgehead atoms. The van der Waals surface area contributed by atoms with Crippen LogP contribution >= 0.6 is 0 Å². The van der Waals surface area contributed by atoms with Gasteiger partial charge in [-0.3, -0.25) is 0 Å². The molecule has 0 radical (unpaired) electrons. The number of nitrogens with zero attached hydrogens (tertiary/aromatic N) is 2. The summed E-state index contributed by atoms with van der Waals surface area (Å²) in [6, 6.07) is 17.0. The van der Waals surface area contributed by atoms with Gasteiger partial charge in [0.25, 0.3) is 0 Å². The van der Waals surface area contributed by atoms with Crippen molar-refractivity contribution in [2.45, 2.75) is 37.8 Å².